The Bertz CT molecular complexity index is 1160. The van der Waals surface area contributed by atoms with E-state index in [1.807, 2.05) is 6.20 Å². The fraction of sp³-hybridized carbons (Fsp3) is 0.348. The van der Waals surface area contributed by atoms with E-state index in [0.717, 1.165) is 11.5 Å². The molecule has 0 amide bonds. The number of rotatable bonds is 0. The lowest BCUT2D eigenvalue weighted by atomic mass is 9.66. The zero-order valence-electron chi connectivity index (χ0n) is 15.4. The first-order valence-electron chi connectivity index (χ1n) is 9.60. The third-order valence-corrected chi connectivity index (χ3v) is 6.62. The van der Waals surface area contributed by atoms with Gasteiger partial charge in [-0.2, -0.15) is 0 Å². The van der Waals surface area contributed by atoms with Crippen LogP contribution in [0.15, 0.2) is 29.5 Å². The van der Waals surface area contributed by atoms with Crippen LogP contribution < -0.4 is 0 Å². The lowest BCUT2D eigenvalue weighted by molar-refractivity contribution is 0.640. The Morgan fingerprint density at radius 2 is 1.69 bits per heavy atom. The van der Waals surface area contributed by atoms with E-state index in [-0.39, 0.29) is 5.92 Å². The number of nitrogens with zero attached hydrogens (tertiary/aromatic N) is 3. The molecule has 2 atom stereocenters. The van der Waals surface area contributed by atoms with E-state index in [1.54, 1.807) is 11.8 Å². The van der Waals surface area contributed by atoms with Gasteiger partial charge in [0.25, 0.3) is 0 Å². The smallest absolute Gasteiger partial charge is 0.174 e. The highest BCUT2D eigenvalue weighted by Crippen LogP contribution is 2.54. The van der Waals surface area contributed by atoms with Gasteiger partial charge in [-0.25, -0.2) is 9.98 Å². The number of aryl methyl sites for hydroxylation is 4. The Morgan fingerprint density at radius 3 is 2.58 bits per heavy atom. The highest BCUT2D eigenvalue weighted by Gasteiger charge is 2.44. The summed E-state index contributed by atoms with van der Waals surface area (Å²) in [4.78, 5) is 14.3. The average Bonchev–Trinajstić information content (AvgIpc) is 3.01. The van der Waals surface area contributed by atoms with Gasteiger partial charge in [0.05, 0.1) is 11.6 Å². The lowest BCUT2D eigenvalue weighted by Gasteiger charge is -2.37. The summed E-state index contributed by atoms with van der Waals surface area (Å²) >= 11 is 0. The van der Waals surface area contributed by atoms with E-state index >= 15 is 0 Å². The standard InChI is InChI=1S/C23H21N3/c1-11-9-12(2)17-19-16(11)13(3)10-14-5-4-6-15(18(14)19)21-20(17)22-23(26-21)25-8-7-24-22/h7-10,15,20H,4-6H2,1-3H3. The predicted octanol–water partition coefficient (Wildman–Crippen LogP) is 5.21. The normalized spacial score (nSPS) is 22.2. The van der Waals surface area contributed by atoms with Crippen molar-refractivity contribution in [1.29, 1.82) is 0 Å². The van der Waals surface area contributed by atoms with Crippen molar-refractivity contribution in [2.75, 3.05) is 0 Å². The van der Waals surface area contributed by atoms with Crippen molar-refractivity contribution in [3.05, 3.63) is 63.6 Å². The van der Waals surface area contributed by atoms with E-state index < -0.39 is 0 Å². The molecule has 3 heteroatoms. The predicted molar refractivity (Wildman–Crippen MR) is 105 cm³/mol. The van der Waals surface area contributed by atoms with Crippen LogP contribution in [0.5, 0.6) is 0 Å². The first-order chi connectivity index (χ1) is 12.6. The van der Waals surface area contributed by atoms with Crippen molar-refractivity contribution in [2.24, 2.45) is 4.99 Å². The van der Waals surface area contributed by atoms with Gasteiger partial charge in [-0.1, -0.05) is 12.1 Å². The summed E-state index contributed by atoms with van der Waals surface area (Å²) in [6.45, 7) is 6.79. The van der Waals surface area contributed by atoms with Crippen molar-refractivity contribution in [3.63, 3.8) is 0 Å². The Labute approximate surface area is 153 Å². The molecule has 2 heterocycles. The van der Waals surface area contributed by atoms with E-state index in [0.29, 0.717) is 5.92 Å². The Kier molecular flexibility index (Phi) is 2.69. The molecular formula is C23H21N3. The van der Waals surface area contributed by atoms with Crippen LogP contribution in [0.4, 0.5) is 5.82 Å². The second-order valence-corrected chi connectivity index (χ2v) is 8.12. The average molecular weight is 339 g/mol. The fourth-order valence-electron chi connectivity index (χ4n) is 5.80. The molecule has 1 aliphatic heterocycles. The summed E-state index contributed by atoms with van der Waals surface area (Å²) in [5.41, 5.74) is 11.0. The fourth-order valence-corrected chi connectivity index (χ4v) is 5.80. The van der Waals surface area contributed by atoms with Gasteiger partial charge in [-0.05, 0) is 84.2 Å². The zero-order valence-corrected chi connectivity index (χ0v) is 15.4. The summed E-state index contributed by atoms with van der Waals surface area (Å²) in [5.74, 6) is 1.45. The van der Waals surface area contributed by atoms with Crippen molar-refractivity contribution < 1.29 is 0 Å². The zero-order chi connectivity index (χ0) is 17.6. The van der Waals surface area contributed by atoms with Crippen molar-refractivity contribution in [3.8, 4) is 0 Å². The lowest BCUT2D eigenvalue weighted by Crippen LogP contribution is -2.29. The van der Waals surface area contributed by atoms with Crippen LogP contribution in [0.2, 0.25) is 0 Å². The molecule has 2 aromatic carbocycles. The maximum absolute atomic E-state index is 5.02. The Balaban J connectivity index is 1.84. The number of aliphatic imine (C=N–C) groups is 1. The minimum atomic E-state index is 0.187. The van der Waals surface area contributed by atoms with Gasteiger partial charge in [0.2, 0.25) is 0 Å². The molecule has 0 radical (unpaired) electrons. The molecule has 2 unspecified atom stereocenters. The molecule has 26 heavy (non-hydrogen) atoms. The van der Waals surface area contributed by atoms with Crippen molar-refractivity contribution in [2.45, 2.75) is 51.9 Å². The van der Waals surface area contributed by atoms with Gasteiger partial charge in [0.1, 0.15) is 0 Å². The second-order valence-electron chi connectivity index (χ2n) is 8.12. The quantitative estimate of drug-likeness (QED) is 0.564. The van der Waals surface area contributed by atoms with E-state index in [1.165, 1.54) is 63.6 Å². The summed E-state index contributed by atoms with van der Waals surface area (Å²) in [6, 6.07) is 4.79. The van der Waals surface area contributed by atoms with Gasteiger partial charge in [-0.15, -0.1) is 0 Å². The van der Waals surface area contributed by atoms with E-state index in [4.69, 9.17) is 9.98 Å². The molecule has 0 fully saturated rings. The maximum Gasteiger partial charge on any atom is 0.174 e. The third-order valence-electron chi connectivity index (χ3n) is 6.62. The van der Waals surface area contributed by atoms with Crippen molar-refractivity contribution in [1.82, 2.24) is 9.97 Å². The molecule has 1 aromatic heterocycles. The first-order valence-corrected chi connectivity index (χ1v) is 9.60. The Morgan fingerprint density at radius 1 is 0.885 bits per heavy atom. The van der Waals surface area contributed by atoms with Crippen molar-refractivity contribution >= 4 is 22.3 Å². The highest BCUT2D eigenvalue weighted by atomic mass is 15.0. The summed E-state index contributed by atoms with van der Waals surface area (Å²) in [7, 11) is 0. The topological polar surface area (TPSA) is 38.1 Å². The molecule has 2 aliphatic carbocycles. The molecule has 0 saturated heterocycles. The van der Waals surface area contributed by atoms with Crippen LogP contribution in [-0.2, 0) is 6.42 Å². The number of hydrogen-bond acceptors (Lipinski definition) is 3. The Hall–Kier alpha value is -2.55. The first kappa shape index (κ1) is 14.6. The molecule has 0 bridgehead atoms. The van der Waals surface area contributed by atoms with Gasteiger partial charge in [-0.3, -0.25) is 4.98 Å². The van der Waals surface area contributed by atoms with Crippen LogP contribution in [0.25, 0.3) is 10.8 Å². The molecule has 128 valence electrons. The van der Waals surface area contributed by atoms with Crippen LogP contribution >= 0.6 is 0 Å². The van der Waals surface area contributed by atoms with Gasteiger partial charge >= 0.3 is 0 Å². The molecule has 0 N–H and O–H groups in total. The number of fused-ring (bicyclic) bond motifs is 5. The maximum atomic E-state index is 5.02. The van der Waals surface area contributed by atoms with E-state index in [9.17, 15) is 0 Å². The highest BCUT2D eigenvalue weighted by molar-refractivity contribution is 6.13. The van der Waals surface area contributed by atoms with E-state index in [2.05, 4.69) is 37.9 Å². The third kappa shape index (κ3) is 1.62. The molecular weight excluding hydrogens is 318 g/mol. The number of benzene rings is 2. The van der Waals surface area contributed by atoms with Gasteiger partial charge < -0.3 is 0 Å². The minimum Gasteiger partial charge on any atom is -0.255 e. The summed E-state index contributed by atoms with van der Waals surface area (Å²) in [5, 5.41) is 2.96. The van der Waals surface area contributed by atoms with Gasteiger partial charge in [0.15, 0.2) is 5.82 Å². The molecule has 3 aliphatic rings. The molecule has 0 saturated carbocycles. The second kappa shape index (κ2) is 4.79. The van der Waals surface area contributed by atoms with Crippen LogP contribution in [0, 0.1) is 20.8 Å². The van der Waals surface area contributed by atoms with Crippen LogP contribution in [0.1, 0.15) is 63.8 Å². The summed E-state index contributed by atoms with van der Waals surface area (Å²) < 4.78 is 0. The van der Waals surface area contributed by atoms with Crippen LogP contribution in [-0.4, -0.2) is 15.7 Å². The SMILES string of the molecule is Cc1cc(C)c2c(C)cc3c4c2c1C1C(=Nc2nccnc21)C4CCC3. The molecule has 3 nitrogen and oxygen atoms in total. The molecule has 3 aromatic rings. The molecule has 0 spiro atoms. The number of hydrogen-bond donors (Lipinski definition) is 0. The monoisotopic (exact) mass is 339 g/mol. The number of aromatic nitrogens is 2. The summed E-state index contributed by atoms with van der Waals surface area (Å²) in [6.07, 6.45) is 7.21. The van der Waals surface area contributed by atoms with Crippen LogP contribution in [0.3, 0.4) is 0 Å². The van der Waals surface area contributed by atoms with Gasteiger partial charge in [0, 0.05) is 24.0 Å². The minimum absolute atomic E-state index is 0.187. The largest absolute Gasteiger partial charge is 0.255 e. The molecule has 6 rings (SSSR count).